The van der Waals surface area contributed by atoms with Crippen LogP contribution in [0.4, 0.5) is 9.18 Å². The summed E-state index contributed by atoms with van der Waals surface area (Å²) in [5.41, 5.74) is 0.580. The molecule has 0 aromatic carbocycles. The molecule has 0 aromatic heterocycles. The van der Waals surface area contributed by atoms with Gasteiger partial charge in [0.05, 0.1) is 6.04 Å². The Kier molecular flexibility index (Phi) is 3.74. The first-order valence-electron chi connectivity index (χ1n) is 7.79. The van der Waals surface area contributed by atoms with Crippen LogP contribution in [-0.4, -0.2) is 52.8 Å². The molecule has 2 saturated heterocycles. The zero-order chi connectivity index (χ0) is 16.9. The summed E-state index contributed by atoms with van der Waals surface area (Å²) in [5.74, 6) is -1.13. The fourth-order valence-corrected chi connectivity index (χ4v) is 3.54. The summed E-state index contributed by atoms with van der Waals surface area (Å²) in [5, 5.41) is 2.26. The molecule has 3 aliphatic rings. The maximum Gasteiger partial charge on any atom is 0.321 e. The molecule has 0 spiro atoms. The normalized spacial score (nSPS) is 31.2. The largest absolute Gasteiger partial charge is 0.321 e. The smallest absolute Gasteiger partial charge is 0.316 e. The van der Waals surface area contributed by atoms with Gasteiger partial charge >= 0.3 is 6.03 Å². The standard InChI is InChI=1S/C16H20FN3O3/c1-8(2)9-4-5-10-14(13(9)17)19(3)16(23)20(10)11-6-7-12(21)18-15(11)22/h4-5,8,10-11,14H,6-7H2,1-3H3,(H,18,21,22). The number of nitrogens with one attached hydrogen (secondary N) is 1. The van der Waals surface area contributed by atoms with Crippen LogP contribution in [0.25, 0.3) is 0 Å². The summed E-state index contributed by atoms with van der Waals surface area (Å²) in [4.78, 5) is 38.7. The lowest BCUT2D eigenvalue weighted by molar-refractivity contribution is -0.136. The second-order valence-electron chi connectivity index (χ2n) is 6.52. The molecule has 7 heteroatoms. The summed E-state index contributed by atoms with van der Waals surface area (Å²) in [6, 6.07) is -2.37. The number of hydrogen-bond donors (Lipinski definition) is 1. The Hall–Kier alpha value is -2.18. The number of carbonyl (C=O) groups excluding carboxylic acids is 3. The second kappa shape index (κ2) is 5.47. The van der Waals surface area contributed by atoms with E-state index in [0.717, 1.165) is 0 Å². The molecule has 3 unspecified atom stereocenters. The predicted octanol–water partition coefficient (Wildman–Crippen LogP) is 1.35. The molecular formula is C16H20FN3O3. The molecular weight excluding hydrogens is 301 g/mol. The highest BCUT2D eigenvalue weighted by molar-refractivity contribution is 6.02. The van der Waals surface area contributed by atoms with Crippen molar-refractivity contribution in [3.63, 3.8) is 0 Å². The minimum atomic E-state index is -0.740. The van der Waals surface area contributed by atoms with Gasteiger partial charge in [-0.1, -0.05) is 26.0 Å². The van der Waals surface area contributed by atoms with Gasteiger partial charge in [0.2, 0.25) is 11.8 Å². The van der Waals surface area contributed by atoms with Gasteiger partial charge in [-0.3, -0.25) is 14.9 Å². The quantitative estimate of drug-likeness (QED) is 0.781. The molecule has 2 heterocycles. The molecule has 0 radical (unpaired) electrons. The number of urea groups is 1. The molecule has 3 rings (SSSR count). The maximum absolute atomic E-state index is 14.8. The number of nitrogens with zero attached hydrogens (tertiary/aromatic N) is 2. The Morgan fingerprint density at radius 2 is 2.00 bits per heavy atom. The van der Waals surface area contributed by atoms with Crippen molar-refractivity contribution < 1.29 is 18.8 Å². The van der Waals surface area contributed by atoms with Crippen LogP contribution in [0, 0.1) is 5.92 Å². The molecule has 0 bridgehead atoms. The first-order valence-corrected chi connectivity index (χ1v) is 7.79. The lowest BCUT2D eigenvalue weighted by atomic mass is 9.89. The zero-order valence-corrected chi connectivity index (χ0v) is 13.4. The van der Waals surface area contributed by atoms with E-state index < -0.39 is 24.0 Å². The maximum atomic E-state index is 14.8. The lowest BCUT2D eigenvalue weighted by Gasteiger charge is -2.34. The van der Waals surface area contributed by atoms with Crippen LogP contribution in [-0.2, 0) is 9.59 Å². The molecule has 2 aliphatic heterocycles. The number of carbonyl (C=O) groups is 3. The highest BCUT2D eigenvalue weighted by Crippen LogP contribution is 2.38. The summed E-state index contributed by atoms with van der Waals surface area (Å²) in [6.45, 7) is 3.79. The molecule has 4 amide bonds. The minimum absolute atomic E-state index is 0.0142. The number of imide groups is 1. The van der Waals surface area contributed by atoms with Crippen molar-refractivity contribution in [2.24, 2.45) is 5.92 Å². The van der Waals surface area contributed by atoms with Crippen LogP contribution >= 0.6 is 0 Å². The summed E-state index contributed by atoms with van der Waals surface area (Å²) >= 11 is 0. The predicted molar refractivity (Wildman–Crippen MR) is 80.9 cm³/mol. The Morgan fingerprint density at radius 1 is 1.30 bits per heavy atom. The van der Waals surface area contributed by atoms with E-state index in [1.165, 1.54) is 9.80 Å². The van der Waals surface area contributed by atoms with Crippen molar-refractivity contribution in [2.45, 2.75) is 44.8 Å². The zero-order valence-electron chi connectivity index (χ0n) is 13.4. The number of piperidine rings is 1. The third-order valence-electron chi connectivity index (χ3n) is 4.76. The van der Waals surface area contributed by atoms with Crippen LogP contribution < -0.4 is 5.32 Å². The van der Waals surface area contributed by atoms with Gasteiger partial charge in [0, 0.05) is 13.5 Å². The molecule has 124 valence electrons. The fraction of sp³-hybridized carbons (Fsp3) is 0.562. The number of rotatable bonds is 2. The van der Waals surface area contributed by atoms with E-state index >= 15 is 0 Å². The topological polar surface area (TPSA) is 69.7 Å². The first-order chi connectivity index (χ1) is 10.8. The number of fused-ring (bicyclic) bond motifs is 1. The van der Waals surface area contributed by atoms with Crippen LogP contribution in [0.1, 0.15) is 26.7 Å². The van der Waals surface area contributed by atoms with E-state index in [1.807, 2.05) is 13.8 Å². The molecule has 2 fully saturated rings. The fourth-order valence-electron chi connectivity index (χ4n) is 3.54. The molecule has 6 nitrogen and oxygen atoms in total. The van der Waals surface area contributed by atoms with E-state index in [2.05, 4.69) is 5.32 Å². The van der Waals surface area contributed by atoms with Crippen molar-refractivity contribution in [3.8, 4) is 0 Å². The number of allylic oxidation sites excluding steroid dienone is 2. The van der Waals surface area contributed by atoms with Gasteiger partial charge in [0.15, 0.2) is 0 Å². The van der Waals surface area contributed by atoms with Crippen LogP contribution in [0.2, 0.25) is 0 Å². The average Bonchev–Trinajstić information content (AvgIpc) is 2.72. The van der Waals surface area contributed by atoms with Gasteiger partial charge in [-0.2, -0.15) is 0 Å². The Bertz CT molecular complexity index is 640. The van der Waals surface area contributed by atoms with Crippen LogP contribution in [0.5, 0.6) is 0 Å². The summed E-state index contributed by atoms with van der Waals surface area (Å²) in [6.07, 6.45) is 3.94. The number of likely N-dealkylation sites (N-methyl/N-ethyl adjacent to an activating group) is 1. The van der Waals surface area contributed by atoms with Crippen molar-refractivity contribution in [1.29, 1.82) is 0 Å². The number of amides is 4. The van der Waals surface area contributed by atoms with Gasteiger partial charge in [-0.15, -0.1) is 0 Å². The first kappa shape index (κ1) is 15.7. The Morgan fingerprint density at radius 3 is 2.61 bits per heavy atom. The summed E-state index contributed by atoms with van der Waals surface area (Å²) in [7, 11) is 1.54. The van der Waals surface area contributed by atoms with Gasteiger partial charge in [-0.25, -0.2) is 9.18 Å². The summed E-state index contributed by atoms with van der Waals surface area (Å²) < 4.78 is 14.8. The van der Waals surface area contributed by atoms with Crippen molar-refractivity contribution in [2.75, 3.05) is 7.05 Å². The number of hydrogen-bond acceptors (Lipinski definition) is 3. The van der Waals surface area contributed by atoms with E-state index in [-0.39, 0.29) is 36.5 Å². The molecule has 0 aromatic rings. The monoisotopic (exact) mass is 321 g/mol. The van der Waals surface area contributed by atoms with Crippen molar-refractivity contribution in [1.82, 2.24) is 15.1 Å². The van der Waals surface area contributed by atoms with Gasteiger partial charge in [-0.05, 0) is 17.9 Å². The molecule has 0 saturated carbocycles. The molecule has 23 heavy (non-hydrogen) atoms. The van der Waals surface area contributed by atoms with E-state index in [0.29, 0.717) is 5.57 Å². The third-order valence-corrected chi connectivity index (χ3v) is 4.76. The highest BCUT2D eigenvalue weighted by atomic mass is 19.1. The van der Waals surface area contributed by atoms with Gasteiger partial charge in [0.25, 0.3) is 0 Å². The second-order valence-corrected chi connectivity index (χ2v) is 6.52. The van der Waals surface area contributed by atoms with Crippen molar-refractivity contribution >= 4 is 17.8 Å². The van der Waals surface area contributed by atoms with Gasteiger partial charge in [0.1, 0.15) is 17.9 Å². The SMILES string of the molecule is CC(C)C1=C(F)C2C(C=C1)N(C1CCC(=O)NC1=O)C(=O)N2C. The van der Waals surface area contributed by atoms with Crippen molar-refractivity contribution in [3.05, 3.63) is 23.6 Å². The van der Waals surface area contributed by atoms with E-state index in [1.54, 1.807) is 19.2 Å². The Balaban J connectivity index is 1.94. The number of halogens is 1. The van der Waals surface area contributed by atoms with Gasteiger partial charge < -0.3 is 9.80 Å². The highest BCUT2D eigenvalue weighted by Gasteiger charge is 2.51. The Labute approximate surface area is 134 Å². The van der Waals surface area contributed by atoms with E-state index in [9.17, 15) is 18.8 Å². The lowest BCUT2D eigenvalue weighted by Crippen LogP contribution is -2.55. The van der Waals surface area contributed by atoms with E-state index in [4.69, 9.17) is 0 Å². The molecule has 1 N–H and O–H groups in total. The third kappa shape index (κ3) is 2.34. The average molecular weight is 321 g/mol. The molecule has 1 aliphatic carbocycles. The van der Waals surface area contributed by atoms with Crippen LogP contribution in [0.3, 0.4) is 0 Å². The minimum Gasteiger partial charge on any atom is -0.316 e. The van der Waals surface area contributed by atoms with Crippen LogP contribution in [0.15, 0.2) is 23.6 Å². The molecule has 3 atom stereocenters.